The van der Waals surface area contributed by atoms with E-state index in [-0.39, 0.29) is 0 Å². The van der Waals surface area contributed by atoms with E-state index < -0.39 is 0 Å². The van der Waals surface area contributed by atoms with Gasteiger partial charge in [0.25, 0.3) is 0 Å². The molecule has 0 amide bonds. The maximum Gasteiger partial charge on any atom is 0.127 e. The molecule has 4 heteroatoms. The number of rotatable bonds is 6. The summed E-state index contributed by atoms with van der Waals surface area (Å²) in [7, 11) is 2.21. The molecule has 2 N–H and O–H groups in total. The maximum absolute atomic E-state index is 4.31. The molecule has 1 fully saturated rings. The van der Waals surface area contributed by atoms with Gasteiger partial charge in [0.15, 0.2) is 0 Å². The van der Waals surface area contributed by atoms with E-state index in [1.165, 1.54) is 19.4 Å². The number of aromatic nitrogens is 1. The van der Waals surface area contributed by atoms with E-state index in [4.69, 9.17) is 0 Å². The molecule has 1 aliphatic rings. The highest BCUT2D eigenvalue weighted by Gasteiger charge is 2.20. The van der Waals surface area contributed by atoms with E-state index in [2.05, 4.69) is 40.6 Å². The van der Waals surface area contributed by atoms with Crippen molar-refractivity contribution in [3.8, 4) is 0 Å². The molecule has 1 atom stereocenters. The summed E-state index contributed by atoms with van der Waals surface area (Å²) in [5.74, 6) is 0.960. The molecule has 0 radical (unpaired) electrons. The highest BCUT2D eigenvalue weighted by Crippen LogP contribution is 2.17. The van der Waals surface area contributed by atoms with Gasteiger partial charge in [-0.2, -0.15) is 0 Å². The van der Waals surface area contributed by atoms with Crippen LogP contribution in [0.2, 0.25) is 0 Å². The number of nitrogens with zero attached hydrogens (tertiary/aromatic N) is 2. The number of hydrogen-bond donors (Lipinski definition) is 2. The molecule has 2 heterocycles. The van der Waals surface area contributed by atoms with Crippen molar-refractivity contribution in [2.75, 3.05) is 37.3 Å². The first kappa shape index (κ1) is 13.1. The first-order valence-electron chi connectivity index (χ1n) is 6.93. The Hall–Kier alpha value is -1.29. The van der Waals surface area contributed by atoms with Gasteiger partial charge in [-0.05, 0) is 38.9 Å². The van der Waals surface area contributed by atoms with E-state index in [1.807, 2.05) is 12.3 Å². The standard InChI is InChI=1S/C14H24N4/c1-3-7-15-14-10-12(6-8-16-14)17-11-13-5-4-9-18(13)2/h6,8,10,13H,3-5,7,9,11H2,1-2H3,(H2,15,16,17). The smallest absolute Gasteiger partial charge is 0.127 e. The second-order valence-corrected chi connectivity index (χ2v) is 5.01. The van der Waals surface area contributed by atoms with E-state index >= 15 is 0 Å². The summed E-state index contributed by atoms with van der Waals surface area (Å²) in [5.41, 5.74) is 1.16. The molecule has 2 rings (SSSR count). The lowest BCUT2D eigenvalue weighted by atomic mass is 10.2. The Labute approximate surface area is 110 Å². The lowest BCUT2D eigenvalue weighted by Crippen LogP contribution is -2.31. The summed E-state index contributed by atoms with van der Waals surface area (Å²) in [6.07, 6.45) is 5.60. The fourth-order valence-electron chi connectivity index (χ4n) is 2.36. The quantitative estimate of drug-likeness (QED) is 0.811. The molecule has 4 nitrogen and oxygen atoms in total. The van der Waals surface area contributed by atoms with Crippen LogP contribution in [0.15, 0.2) is 18.3 Å². The third kappa shape index (κ3) is 3.60. The lowest BCUT2D eigenvalue weighted by molar-refractivity contribution is 0.322. The minimum Gasteiger partial charge on any atom is -0.383 e. The number of nitrogens with one attached hydrogen (secondary N) is 2. The molecular weight excluding hydrogens is 224 g/mol. The lowest BCUT2D eigenvalue weighted by Gasteiger charge is -2.20. The molecule has 1 unspecified atom stereocenters. The van der Waals surface area contributed by atoms with Gasteiger partial charge in [-0.15, -0.1) is 0 Å². The van der Waals surface area contributed by atoms with Crippen LogP contribution in [0, 0.1) is 0 Å². The van der Waals surface area contributed by atoms with Gasteiger partial charge in [-0.1, -0.05) is 6.92 Å². The monoisotopic (exact) mass is 248 g/mol. The van der Waals surface area contributed by atoms with Crippen LogP contribution in [0.25, 0.3) is 0 Å². The van der Waals surface area contributed by atoms with Crippen LogP contribution in [0.3, 0.4) is 0 Å². The third-order valence-electron chi connectivity index (χ3n) is 3.53. The minimum atomic E-state index is 0.671. The first-order chi connectivity index (χ1) is 8.79. The summed E-state index contributed by atoms with van der Waals surface area (Å²) >= 11 is 0. The van der Waals surface area contributed by atoms with Crippen LogP contribution in [-0.2, 0) is 0 Å². The molecule has 0 aromatic carbocycles. The van der Waals surface area contributed by atoms with Crippen LogP contribution in [0.1, 0.15) is 26.2 Å². The molecule has 1 saturated heterocycles. The van der Waals surface area contributed by atoms with Gasteiger partial charge in [0.1, 0.15) is 5.82 Å². The van der Waals surface area contributed by atoms with Gasteiger partial charge in [0.05, 0.1) is 0 Å². The van der Waals surface area contributed by atoms with Crippen molar-refractivity contribution < 1.29 is 0 Å². The van der Waals surface area contributed by atoms with Crippen molar-refractivity contribution >= 4 is 11.5 Å². The maximum atomic E-state index is 4.31. The zero-order valence-corrected chi connectivity index (χ0v) is 11.4. The summed E-state index contributed by atoms with van der Waals surface area (Å²) in [4.78, 5) is 6.75. The van der Waals surface area contributed by atoms with Gasteiger partial charge in [0, 0.05) is 37.1 Å². The summed E-state index contributed by atoms with van der Waals surface area (Å²) < 4.78 is 0. The average molecular weight is 248 g/mol. The Morgan fingerprint density at radius 1 is 1.44 bits per heavy atom. The number of anilines is 2. The van der Waals surface area contributed by atoms with Crippen molar-refractivity contribution in [2.24, 2.45) is 0 Å². The van der Waals surface area contributed by atoms with E-state index in [1.54, 1.807) is 0 Å². The third-order valence-corrected chi connectivity index (χ3v) is 3.53. The first-order valence-corrected chi connectivity index (χ1v) is 6.93. The minimum absolute atomic E-state index is 0.671. The van der Waals surface area contributed by atoms with Crippen molar-refractivity contribution in [1.82, 2.24) is 9.88 Å². The van der Waals surface area contributed by atoms with E-state index in [0.29, 0.717) is 6.04 Å². The van der Waals surface area contributed by atoms with Gasteiger partial charge in [-0.25, -0.2) is 4.98 Å². The Balaban J connectivity index is 1.84. The van der Waals surface area contributed by atoms with Crippen LogP contribution in [0.5, 0.6) is 0 Å². The van der Waals surface area contributed by atoms with Crippen molar-refractivity contribution in [2.45, 2.75) is 32.2 Å². The highest BCUT2D eigenvalue weighted by atomic mass is 15.2. The zero-order valence-electron chi connectivity index (χ0n) is 11.4. The number of hydrogen-bond acceptors (Lipinski definition) is 4. The van der Waals surface area contributed by atoms with Crippen molar-refractivity contribution in [3.05, 3.63) is 18.3 Å². The molecule has 0 saturated carbocycles. The van der Waals surface area contributed by atoms with E-state index in [9.17, 15) is 0 Å². The van der Waals surface area contributed by atoms with Gasteiger partial charge < -0.3 is 15.5 Å². The molecule has 0 bridgehead atoms. The predicted molar refractivity (Wildman–Crippen MR) is 77.2 cm³/mol. The molecule has 100 valence electrons. The second kappa shape index (κ2) is 6.59. The number of likely N-dealkylation sites (tertiary alicyclic amines) is 1. The molecule has 0 aliphatic carbocycles. The molecule has 1 aromatic rings. The fourth-order valence-corrected chi connectivity index (χ4v) is 2.36. The Bertz CT molecular complexity index is 367. The van der Waals surface area contributed by atoms with Crippen molar-refractivity contribution in [1.29, 1.82) is 0 Å². The number of likely N-dealkylation sites (N-methyl/N-ethyl adjacent to an activating group) is 1. The number of pyridine rings is 1. The van der Waals surface area contributed by atoms with Crippen LogP contribution in [-0.4, -0.2) is 42.6 Å². The van der Waals surface area contributed by atoms with E-state index in [0.717, 1.165) is 31.0 Å². The van der Waals surface area contributed by atoms with Gasteiger partial charge in [-0.3, -0.25) is 0 Å². The van der Waals surface area contributed by atoms with Gasteiger partial charge >= 0.3 is 0 Å². The molecule has 18 heavy (non-hydrogen) atoms. The molecule has 0 spiro atoms. The summed E-state index contributed by atoms with van der Waals surface area (Å²) in [6.45, 7) is 5.38. The second-order valence-electron chi connectivity index (χ2n) is 5.01. The van der Waals surface area contributed by atoms with Crippen LogP contribution >= 0.6 is 0 Å². The largest absolute Gasteiger partial charge is 0.383 e. The Morgan fingerprint density at radius 3 is 3.06 bits per heavy atom. The van der Waals surface area contributed by atoms with Gasteiger partial charge in [0.2, 0.25) is 0 Å². The van der Waals surface area contributed by atoms with Crippen molar-refractivity contribution in [3.63, 3.8) is 0 Å². The topological polar surface area (TPSA) is 40.2 Å². The zero-order chi connectivity index (χ0) is 12.8. The fraction of sp³-hybridized carbons (Fsp3) is 0.643. The molecular formula is C14H24N4. The predicted octanol–water partition coefficient (Wildman–Crippen LogP) is 2.41. The molecule has 1 aromatic heterocycles. The van der Waals surface area contributed by atoms with Crippen LogP contribution < -0.4 is 10.6 Å². The SMILES string of the molecule is CCCNc1cc(NCC2CCCN2C)ccn1. The molecule has 1 aliphatic heterocycles. The summed E-state index contributed by atoms with van der Waals surface area (Å²) in [5, 5.41) is 6.82. The average Bonchev–Trinajstić information content (AvgIpc) is 2.80. The highest BCUT2D eigenvalue weighted by molar-refractivity contribution is 5.51. The summed E-state index contributed by atoms with van der Waals surface area (Å²) in [6, 6.07) is 4.79. The van der Waals surface area contributed by atoms with Crippen LogP contribution in [0.4, 0.5) is 11.5 Å². The normalized spacial score (nSPS) is 20.0. The Morgan fingerprint density at radius 2 is 2.33 bits per heavy atom. The Kier molecular flexibility index (Phi) is 4.81.